The minimum absolute atomic E-state index is 0.288. The number of nitrogens with one attached hydrogen (secondary N) is 1. The minimum atomic E-state index is 0.288. The van der Waals surface area contributed by atoms with Gasteiger partial charge in [-0.1, -0.05) is 12.1 Å². The van der Waals surface area contributed by atoms with Crippen molar-refractivity contribution in [2.24, 2.45) is 0 Å². The molecule has 4 N–H and O–H groups in total. The largest absolute Gasteiger partial charge is 0.508 e. The highest BCUT2D eigenvalue weighted by Gasteiger charge is 2.00. The Hall–Kier alpha value is -2.23. The first-order chi connectivity index (χ1) is 8.65. The van der Waals surface area contributed by atoms with E-state index in [0.717, 1.165) is 30.0 Å². The molecule has 0 atom stereocenters. The van der Waals surface area contributed by atoms with Crippen LogP contribution in [0.2, 0.25) is 0 Å². The second-order valence-corrected chi connectivity index (χ2v) is 4.23. The molecule has 0 unspecified atom stereocenters. The monoisotopic (exact) mass is 243 g/mol. The van der Waals surface area contributed by atoms with Crippen molar-refractivity contribution < 1.29 is 5.11 Å². The van der Waals surface area contributed by atoms with Gasteiger partial charge in [0.2, 0.25) is 0 Å². The Balaban J connectivity index is 1.92. The zero-order chi connectivity index (χ0) is 13.0. The molecule has 2 rings (SSSR count). The van der Waals surface area contributed by atoms with Crippen molar-refractivity contribution in [3.8, 4) is 5.75 Å². The van der Waals surface area contributed by atoms with Gasteiger partial charge in [-0.05, 0) is 43.2 Å². The maximum atomic E-state index is 9.18. The van der Waals surface area contributed by atoms with E-state index in [0.29, 0.717) is 5.69 Å². The van der Waals surface area contributed by atoms with Gasteiger partial charge in [-0.3, -0.25) is 0 Å². The quantitative estimate of drug-likeness (QED) is 0.770. The fourth-order valence-corrected chi connectivity index (χ4v) is 1.70. The molecule has 1 heterocycles. The molecular weight excluding hydrogens is 226 g/mol. The van der Waals surface area contributed by atoms with Crippen molar-refractivity contribution in [3.63, 3.8) is 0 Å². The SMILES string of the molecule is Cc1ccc(N)c(NCCc2ccc(O)cc2)n1. The average Bonchev–Trinajstić information content (AvgIpc) is 2.36. The predicted octanol–water partition coefficient (Wildman–Crippen LogP) is 2.33. The topological polar surface area (TPSA) is 71.2 Å². The molecular formula is C14H17N3O. The number of benzene rings is 1. The summed E-state index contributed by atoms with van der Waals surface area (Å²) < 4.78 is 0. The van der Waals surface area contributed by atoms with E-state index in [1.807, 2.05) is 31.2 Å². The fourth-order valence-electron chi connectivity index (χ4n) is 1.70. The number of phenols is 1. The summed E-state index contributed by atoms with van der Waals surface area (Å²) >= 11 is 0. The van der Waals surface area contributed by atoms with Gasteiger partial charge in [0.1, 0.15) is 11.6 Å². The molecule has 0 fully saturated rings. The first-order valence-electron chi connectivity index (χ1n) is 5.90. The summed E-state index contributed by atoms with van der Waals surface area (Å²) in [6.07, 6.45) is 0.856. The highest BCUT2D eigenvalue weighted by Crippen LogP contribution is 2.15. The molecule has 94 valence electrons. The summed E-state index contributed by atoms with van der Waals surface area (Å²) in [4.78, 5) is 4.34. The predicted molar refractivity (Wildman–Crippen MR) is 73.7 cm³/mol. The second kappa shape index (κ2) is 5.40. The van der Waals surface area contributed by atoms with Crippen LogP contribution in [0.4, 0.5) is 11.5 Å². The third-order valence-electron chi connectivity index (χ3n) is 2.71. The molecule has 1 aromatic heterocycles. The van der Waals surface area contributed by atoms with Gasteiger partial charge in [0.05, 0.1) is 5.69 Å². The highest BCUT2D eigenvalue weighted by molar-refractivity contribution is 5.61. The lowest BCUT2D eigenvalue weighted by Gasteiger charge is -2.09. The summed E-state index contributed by atoms with van der Waals surface area (Å²) in [7, 11) is 0. The van der Waals surface area contributed by atoms with E-state index in [2.05, 4.69) is 10.3 Å². The third kappa shape index (κ3) is 3.13. The minimum Gasteiger partial charge on any atom is -0.508 e. The van der Waals surface area contributed by atoms with Crippen LogP contribution in [-0.2, 0) is 6.42 Å². The van der Waals surface area contributed by atoms with Crippen LogP contribution < -0.4 is 11.1 Å². The summed E-state index contributed by atoms with van der Waals surface area (Å²) in [5.74, 6) is 1.02. The number of anilines is 2. The Bertz CT molecular complexity index is 523. The van der Waals surface area contributed by atoms with Crippen molar-refractivity contribution in [2.45, 2.75) is 13.3 Å². The lowest BCUT2D eigenvalue weighted by Crippen LogP contribution is -2.08. The van der Waals surface area contributed by atoms with E-state index >= 15 is 0 Å². The molecule has 0 saturated heterocycles. The van der Waals surface area contributed by atoms with Gasteiger partial charge in [0.25, 0.3) is 0 Å². The van der Waals surface area contributed by atoms with Crippen LogP contribution in [-0.4, -0.2) is 16.6 Å². The van der Waals surface area contributed by atoms with Crippen LogP contribution in [0.1, 0.15) is 11.3 Å². The van der Waals surface area contributed by atoms with Crippen LogP contribution >= 0.6 is 0 Å². The van der Waals surface area contributed by atoms with Crippen molar-refractivity contribution >= 4 is 11.5 Å². The van der Waals surface area contributed by atoms with Gasteiger partial charge in [0.15, 0.2) is 0 Å². The summed E-state index contributed by atoms with van der Waals surface area (Å²) in [6.45, 7) is 2.69. The molecule has 0 amide bonds. The van der Waals surface area contributed by atoms with Crippen LogP contribution in [0.25, 0.3) is 0 Å². The smallest absolute Gasteiger partial charge is 0.149 e. The van der Waals surface area contributed by atoms with Gasteiger partial charge >= 0.3 is 0 Å². The summed E-state index contributed by atoms with van der Waals surface area (Å²) in [6, 6.07) is 10.9. The number of hydrogen-bond acceptors (Lipinski definition) is 4. The van der Waals surface area contributed by atoms with E-state index in [1.165, 1.54) is 0 Å². The number of nitrogens with zero attached hydrogens (tertiary/aromatic N) is 1. The molecule has 0 aliphatic heterocycles. The van der Waals surface area contributed by atoms with Crippen LogP contribution in [0.3, 0.4) is 0 Å². The number of aryl methyl sites for hydroxylation is 1. The van der Waals surface area contributed by atoms with E-state index in [9.17, 15) is 5.11 Å². The van der Waals surface area contributed by atoms with Crippen molar-refractivity contribution in [2.75, 3.05) is 17.6 Å². The number of nitrogen functional groups attached to an aromatic ring is 1. The molecule has 0 saturated carbocycles. The van der Waals surface area contributed by atoms with Gasteiger partial charge in [-0.2, -0.15) is 0 Å². The van der Waals surface area contributed by atoms with Crippen LogP contribution in [0, 0.1) is 6.92 Å². The van der Waals surface area contributed by atoms with Crippen molar-refractivity contribution in [3.05, 3.63) is 47.7 Å². The Kier molecular flexibility index (Phi) is 3.67. The van der Waals surface area contributed by atoms with E-state index in [-0.39, 0.29) is 5.75 Å². The van der Waals surface area contributed by atoms with Crippen LogP contribution in [0.5, 0.6) is 5.75 Å². The maximum absolute atomic E-state index is 9.18. The van der Waals surface area contributed by atoms with E-state index in [1.54, 1.807) is 12.1 Å². The number of aromatic hydroxyl groups is 1. The number of phenolic OH excluding ortho intramolecular Hbond substituents is 1. The number of nitrogens with two attached hydrogens (primary N) is 1. The molecule has 0 bridgehead atoms. The molecule has 0 aliphatic rings. The molecule has 18 heavy (non-hydrogen) atoms. The zero-order valence-electron chi connectivity index (χ0n) is 10.4. The van der Waals surface area contributed by atoms with Gasteiger partial charge < -0.3 is 16.2 Å². The fraction of sp³-hybridized carbons (Fsp3) is 0.214. The highest BCUT2D eigenvalue weighted by atomic mass is 16.3. The van der Waals surface area contributed by atoms with Gasteiger partial charge in [0, 0.05) is 12.2 Å². The lowest BCUT2D eigenvalue weighted by atomic mass is 10.1. The van der Waals surface area contributed by atoms with Crippen molar-refractivity contribution in [1.29, 1.82) is 0 Å². The van der Waals surface area contributed by atoms with E-state index < -0.39 is 0 Å². The first kappa shape index (κ1) is 12.2. The molecule has 0 aliphatic carbocycles. The Labute approximate surface area is 106 Å². The third-order valence-corrected chi connectivity index (χ3v) is 2.71. The average molecular weight is 243 g/mol. The molecule has 4 nitrogen and oxygen atoms in total. The first-order valence-corrected chi connectivity index (χ1v) is 5.90. The Morgan fingerprint density at radius 2 is 1.89 bits per heavy atom. The standard InChI is InChI=1S/C14H17N3O/c1-10-2-7-13(15)14(17-10)16-9-8-11-3-5-12(18)6-4-11/h2-7,18H,8-9,15H2,1H3,(H,16,17). The molecule has 0 spiro atoms. The van der Waals surface area contributed by atoms with Gasteiger partial charge in [-0.15, -0.1) is 0 Å². The van der Waals surface area contributed by atoms with Crippen molar-refractivity contribution in [1.82, 2.24) is 4.98 Å². The Morgan fingerprint density at radius 3 is 2.61 bits per heavy atom. The summed E-state index contributed by atoms with van der Waals surface area (Å²) in [5.41, 5.74) is 8.59. The molecule has 0 radical (unpaired) electrons. The summed E-state index contributed by atoms with van der Waals surface area (Å²) in [5, 5.41) is 12.4. The van der Waals surface area contributed by atoms with Gasteiger partial charge in [-0.25, -0.2) is 4.98 Å². The second-order valence-electron chi connectivity index (χ2n) is 4.23. The molecule has 1 aromatic carbocycles. The lowest BCUT2D eigenvalue weighted by molar-refractivity contribution is 0.475. The van der Waals surface area contributed by atoms with E-state index in [4.69, 9.17) is 5.73 Å². The number of hydrogen-bond donors (Lipinski definition) is 3. The number of pyridine rings is 1. The molecule has 4 heteroatoms. The van der Waals surface area contributed by atoms with Crippen LogP contribution in [0.15, 0.2) is 36.4 Å². The Morgan fingerprint density at radius 1 is 1.17 bits per heavy atom. The normalized spacial score (nSPS) is 10.3. The zero-order valence-corrected chi connectivity index (χ0v) is 10.4. The molecule has 2 aromatic rings. The number of rotatable bonds is 4. The number of aromatic nitrogens is 1. The maximum Gasteiger partial charge on any atom is 0.149 e.